The molecule has 0 aromatic heterocycles. The lowest BCUT2D eigenvalue weighted by molar-refractivity contribution is 0.0646. The number of nitrogens with zero attached hydrogens (tertiary/aromatic N) is 1. The topological polar surface area (TPSA) is 15.3 Å². The van der Waals surface area contributed by atoms with E-state index in [1.165, 1.54) is 44.6 Å². The molecule has 1 saturated carbocycles. The van der Waals surface area contributed by atoms with Crippen LogP contribution in [-0.4, -0.2) is 48.1 Å². The maximum absolute atomic E-state index is 3.51. The van der Waals surface area contributed by atoms with Gasteiger partial charge in [0, 0.05) is 30.1 Å². The Kier molecular flexibility index (Phi) is 4.98. The molecule has 3 atom stereocenters. The Morgan fingerprint density at radius 2 is 2.19 bits per heavy atom. The van der Waals surface area contributed by atoms with Gasteiger partial charge < -0.3 is 5.32 Å². The van der Waals surface area contributed by atoms with E-state index < -0.39 is 0 Å². The van der Waals surface area contributed by atoms with Crippen molar-refractivity contribution in [1.82, 2.24) is 10.2 Å². The summed E-state index contributed by atoms with van der Waals surface area (Å²) < 4.78 is 0. The number of thioether (sulfide) groups is 1. The third-order valence-corrected chi connectivity index (χ3v) is 5.50. The maximum Gasteiger partial charge on any atom is 0.0172 e. The molecular formula is C13H26N2S. The zero-order valence-corrected chi connectivity index (χ0v) is 11.6. The highest BCUT2D eigenvalue weighted by Gasteiger charge is 2.36. The lowest BCUT2D eigenvalue weighted by Gasteiger charge is -2.47. The van der Waals surface area contributed by atoms with Gasteiger partial charge in [-0.05, 0) is 38.3 Å². The summed E-state index contributed by atoms with van der Waals surface area (Å²) in [6.07, 6.45) is 4.22. The van der Waals surface area contributed by atoms with Crippen LogP contribution in [0.25, 0.3) is 0 Å². The van der Waals surface area contributed by atoms with Crippen LogP contribution in [0.15, 0.2) is 0 Å². The molecule has 0 bridgehead atoms. The first-order valence-electron chi connectivity index (χ1n) is 6.91. The van der Waals surface area contributed by atoms with Gasteiger partial charge in [-0.3, -0.25) is 4.90 Å². The zero-order valence-electron chi connectivity index (χ0n) is 10.7. The SMILES string of the molecule is CCNCC1CCC1N1CCSC(CC)C1. The maximum atomic E-state index is 3.51. The minimum Gasteiger partial charge on any atom is -0.317 e. The van der Waals surface area contributed by atoms with Crippen molar-refractivity contribution >= 4 is 11.8 Å². The highest BCUT2D eigenvalue weighted by molar-refractivity contribution is 8.00. The van der Waals surface area contributed by atoms with E-state index in [0.717, 1.165) is 23.8 Å². The number of rotatable bonds is 5. The van der Waals surface area contributed by atoms with Crippen LogP contribution in [0.1, 0.15) is 33.1 Å². The van der Waals surface area contributed by atoms with Crippen molar-refractivity contribution in [3.05, 3.63) is 0 Å². The number of hydrogen-bond donors (Lipinski definition) is 1. The predicted molar refractivity (Wildman–Crippen MR) is 73.2 cm³/mol. The fourth-order valence-electron chi connectivity index (χ4n) is 2.89. The van der Waals surface area contributed by atoms with Crippen LogP contribution < -0.4 is 5.32 Å². The normalized spacial score (nSPS) is 36.0. The lowest BCUT2D eigenvalue weighted by atomic mass is 9.78. The summed E-state index contributed by atoms with van der Waals surface area (Å²) in [7, 11) is 0. The lowest BCUT2D eigenvalue weighted by Crippen LogP contribution is -2.54. The molecule has 2 rings (SSSR count). The molecule has 0 spiro atoms. The van der Waals surface area contributed by atoms with Gasteiger partial charge in [0.05, 0.1) is 0 Å². The second-order valence-electron chi connectivity index (χ2n) is 5.11. The predicted octanol–water partition coefficient (Wildman–Crippen LogP) is 2.20. The molecule has 2 fully saturated rings. The monoisotopic (exact) mass is 242 g/mol. The highest BCUT2D eigenvalue weighted by Crippen LogP contribution is 2.34. The molecule has 0 aromatic rings. The quantitative estimate of drug-likeness (QED) is 0.796. The van der Waals surface area contributed by atoms with Gasteiger partial charge in [0.1, 0.15) is 0 Å². The van der Waals surface area contributed by atoms with Crippen molar-refractivity contribution in [2.75, 3.05) is 31.9 Å². The van der Waals surface area contributed by atoms with Crippen LogP contribution >= 0.6 is 11.8 Å². The second-order valence-corrected chi connectivity index (χ2v) is 6.52. The second kappa shape index (κ2) is 6.27. The highest BCUT2D eigenvalue weighted by atomic mass is 32.2. The van der Waals surface area contributed by atoms with Crippen molar-refractivity contribution in [2.45, 2.75) is 44.4 Å². The van der Waals surface area contributed by atoms with Gasteiger partial charge in [-0.2, -0.15) is 11.8 Å². The molecule has 1 heterocycles. The van der Waals surface area contributed by atoms with Crippen LogP contribution in [-0.2, 0) is 0 Å². The van der Waals surface area contributed by atoms with Gasteiger partial charge in [-0.25, -0.2) is 0 Å². The molecule has 0 radical (unpaired) electrons. The molecule has 2 aliphatic rings. The van der Waals surface area contributed by atoms with E-state index in [0.29, 0.717) is 0 Å². The molecule has 0 aromatic carbocycles. The Balaban J connectivity index is 1.78. The molecule has 3 unspecified atom stereocenters. The summed E-state index contributed by atoms with van der Waals surface area (Å²) in [5.74, 6) is 2.28. The van der Waals surface area contributed by atoms with Crippen molar-refractivity contribution in [3.63, 3.8) is 0 Å². The van der Waals surface area contributed by atoms with E-state index in [4.69, 9.17) is 0 Å². The summed E-state index contributed by atoms with van der Waals surface area (Å²) in [6, 6.07) is 0.897. The molecule has 3 heteroatoms. The molecule has 94 valence electrons. The fraction of sp³-hybridized carbons (Fsp3) is 1.00. The molecule has 1 aliphatic carbocycles. The average Bonchev–Trinajstić information content (AvgIpc) is 2.28. The van der Waals surface area contributed by atoms with Crippen LogP contribution in [0.4, 0.5) is 0 Å². The average molecular weight is 242 g/mol. The van der Waals surface area contributed by atoms with E-state index in [1.54, 1.807) is 0 Å². The Labute approximate surface area is 105 Å². The van der Waals surface area contributed by atoms with E-state index in [-0.39, 0.29) is 0 Å². The first-order chi connectivity index (χ1) is 7.85. The molecule has 1 saturated heterocycles. The molecule has 1 N–H and O–H groups in total. The van der Waals surface area contributed by atoms with Crippen molar-refractivity contribution in [1.29, 1.82) is 0 Å². The summed E-state index contributed by atoms with van der Waals surface area (Å²) in [5.41, 5.74) is 0. The summed E-state index contributed by atoms with van der Waals surface area (Å²) in [5, 5.41) is 4.41. The Hall–Kier alpha value is 0.270. The van der Waals surface area contributed by atoms with Gasteiger partial charge >= 0.3 is 0 Å². The summed E-state index contributed by atoms with van der Waals surface area (Å²) in [4.78, 5) is 2.77. The molecule has 1 aliphatic heterocycles. The van der Waals surface area contributed by atoms with E-state index >= 15 is 0 Å². The Morgan fingerprint density at radius 1 is 1.31 bits per heavy atom. The summed E-state index contributed by atoms with van der Waals surface area (Å²) >= 11 is 2.18. The standard InChI is InChI=1S/C13H26N2S/c1-3-12-10-15(7-8-16-12)13-6-5-11(13)9-14-4-2/h11-14H,3-10H2,1-2H3. The van der Waals surface area contributed by atoms with Gasteiger partial charge in [0.15, 0.2) is 0 Å². The minimum atomic E-state index is 0.897. The van der Waals surface area contributed by atoms with Crippen LogP contribution in [0.5, 0.6) is 0 Å². The minimum absolute atomic E-state index is 0.897. The zero-order chi connectivity index (χ0) is 11.4. The molecule has 2 nitrogen and oxygen atoms in total. The smallest absolute Gasteiger partial charge is 0.0172 e. The number of hydrogen-bond acceptors (Lipinski definition) is 3. The Morgan fingerprint density at radius 3 is 2.81 bits per heavy atom. The van der Waals surface area contributed by atoms with Crippen molar-refractivity contribution < 1.29 is 0 Å². The van der Waals surface area contributed by atoms with Crippen molar-refractivity contribution in [2.24, 2.45) is 5.92 Å². The summed E-state index contributed by atoms with van der Waals surface area (Å²) in [6.45, 7) is 9.57. The van der Waals surface area contributed by atoms with Crippen LogP contribution in [0.3, 0.4) is 0 Å². The van der Waals surface area contributed by atoms with E-state index in [1.807, 2.05) is 0 Å². The molecular weight excluding hydrogens is 216 g/mol. The third-order valence-electron chi connectivity index (χ3n) is 4.13. The largest absolute Gasteiger partial charge is 0.317 e. The van der Waals surface area contributed by atoms with Crippen LogP contribution in [0.2, 0.25) is 0 Å². The van der Waals surface area contributed by atoms with E-state index in [2.05, 4.69) is 35.8 Å². The van der Waals surface area contributed by atoms with Gasteiger partial charge in [-0.15, -0.1) is 0 Å². The molecule has 0 amide bonds. The fourth-order valence-corrected chi connectivity index (χ4v) is 4.10. The van der Waals surface area contributed by atoms with E-state index in [9.17, 15) is 0 Å². The third kappa shape index (κ3) is 2.93. The van der Waals surface area contributed by atoms with Gasteiger partial charge in [0.2, 0.25) is 0 Å². The van der Waals surface area contributed by atoms with Gasteiger partial charge in [-0.1, -0.05) is 13.8 Å². The first kappa shape index (κ1) is 12.7. The van der Waals surface area contributed by atoms with Crippen molar-refractivity contribution in [3.8, 4) is 0 Å². The number of nitrogens with one attached hydrogen (secondary N) is 1. The van der Waals surface area contributed by atoms with Gasteiger partial charge in [0.25, 0.3) is 0 Å². The first-order valence-corrected chi connectivity index (χ1v) is 7.96. The van der Waals surface area contributed by atoms with Crippen LogP contribution in [0, 0.1) is 5.92 Å². The molecule has 16 heavy (non-hydrogen) atoms. The Bertz CT molecular complexity index is 210.